The number of nitrogens with zero attached hydrogens (tertiary/aromatic N) is 6. The van der Waals surface area contributed by atoms with Gasteiger partial charge in [-0.05, 0) is 33.1 Å². The number of hydrogen-bond acceptors (Lipinski definition) is 5. The smallest absolute Gasteiger partial charge is 0.276 e. The molecule has 4 heterocycles. The van der Waals surface area contributed by atoms with Crippen LogP contribution in [-0.4, -0.2) is 46.7 Å². The maximum atomic E-state index is 13.0. The maximum Gasteiger partial charge on any atom is 0.276 e. The van der Waals surface area contributed by atoms with Gasteiger partial charge in [0.2, 0.25) is 5.91 Å². The van der Waals surface area contributed by atoms with Crippen molar-refractivity contribution >= 4 is 11.6 Å². The molecule has 1 saturated heterocycles. The van der Waals surface area contributed by atoms with E-state index in [9.17, 15) is 9.59 Å². The molecule has 9 nitrogen and oxygen atoms in total. The third-order valence-electron chi connectivity index (χ3n) is 5.37. The number of aryl methyl sites for hydroxylation is 1. The van der Waals surface area contributed by atoms with Crippen molar-refractivity contribution in [1.82, 2.24) is 34.3 Å². The molecule has 9 heteroatoms. The number of carbonyl (C=O) groups is 1. The zero-order valence-electron chi connectivity index (χ0n) is 15.7. The summed E-state index contributed by atoms with van der Waals surface area (Å²) >= 11 is 0. The number of aromatic nitrogens is 6. The summed E-state index contributed by atoms with van der Waals surface area (Å²) in [6.45, 7) is 6.31. The Kier molecular flexibility index (Phi) is 4.29. The number of H-pyrrole nitrogens is 1. The van der Waals surface area contributed by atoms with Crippen LogP contribution in [0.15, 0.2) is 23.5 Å². The van der Waals surface area contributed by atoms with E-state index in [4.69, 9.17) is 0 Å². The number of rotatable bonds is 4. The minimum atomic E-state index is -0.424. The average Bonchev–Trinajstić information content (AvgIpc) is 3.39. The summed E-state index contributed by atoms with van der Waals surface area (Å²) in [6.07, 6.45) is 5.37. The van der Waals surface area contributed by atoms with Gasteiger partial charge in [-0.15, -0.1) is 0 Å². The van der Waals surface area contributed by atoms with Crippen molar-refractivity contribution in [2.45, 2.75) is 52.1 Å². The molecule has 3 aromatic rings. The van der Waals surface area contributed by atoms with Crippen LogP contribution in [0, 0.1) is 6.92 Å². The molecule has 0 saturated carbocycles. The number of nitrogens with one attached hydrogen (secondary N) is 1. The van der Waals surface area contributed by atoms with Crippen LogP contribution >= 0.6 is 0 Å². The molecule has 0 aliphatic carbocycles. The summed E-state index contributed by atoms with van der Waals surface area (Å²) in [5.41, 5.74) is 2.82. The van der Waals surface area contributed by atoms with Crippen molar-refractivity contribution in [3.63, 3.8) is 0 Å². The molecule has 1 aliphatic heterocycles. The van der Waals surface area contributed by atoms with E-state index < -0.39 is 6.04 Å². The highest BCUT2D eigenvalue weighted by Gasteiger charge is 2.34. The Morgan fingerprint density at radius 2 is 2.26 bits per heavy atom. The first-order valence-electron chi connectivity index (χ1n) is 9.27. The molecule has 1 aliphatic rings. The van der Waals surface area contributed by atoms with Gasteiger partial charge in [-0.2, -0.15) is 5.10 Å². The van der Waals surface area contributed by atoms with E-state index >= 15 is 0 Å². The largest absolute Gasteiger partial charge is 0.332 e. The fourth-order valence-corrected chi connectivity index (χ4v) is 3.89. The molecular weight excluding hydrogens is 346 g/mol. The van der Waals surface area contributed by atoms with Crippen molar-refractivity contribution < 1.29 is 4.79 Å². The van der Waals surface area contributed by atoms with E-state index in [1.807, 2.05) is 31.7 Å². The average molecular weight is 369 g/mol. The lowest BCUT2D eigenvalue weighted by Crippen LogP contribution is -2.36. The minimum Gasteiger partial charge on any atom is -0.332 e. The summed E-state index contributed by atoms with van der Waals surface area (Å²) in [5.74, 6) is -0.00705. The van der Waals surface area contributed by atoms with Crippen LogP contribution < -0.4 is 5.56 Å². The summed E-state index contributed by atoms with van der Waals surface area (Å²) in [4.78, 5) is 36.0. The summed E-state index contributed by atoms with van der Waals surface area (Å²) in [5, 5.41) is 7.26. The second-order valence-corrected chi connectivity index (χ2v) is 6.98. The van der Waals surface area contributed by atoms with Gasteiger partial charge in [0.05, 0.1) is 11.7 Å². The van der Waals surface area contributed by atoms with Gasteiger partial charge in [-0.1, -0.05) is 6.92 Å². The first kappa shape index (κ1) is 17.4. The van der Waals surface area contributed by atoms with Crippen LogP contribution in [0.2, 0.25) is 0 Å². The Labute approximate surface area is 156 Å². The molecule has 0 radical (unpaired) electrons. The number of fused-ring (bicyclic) bond motifs is 1. The van der Waals surface area contributed by atoms with Gasteiger partial charge >= 0.3 is 0 Å². The Balaban J connectivity index is 1.69. The Morgan fingerprint density at radius 1 is 1.44 bits per heavy atom. The fourth-order valence-electron chi connectivity index (χ4n) is 3.89. The number of hydrogen-bond donors (Lipinski definition) is 1. The number of carbonyl (C=O) groups excluding carboxylic acids is 1. The van der Waals surface area contributed by atoms with Gasteiger partial charge in [0.15, 0.2) is 5.65 Å². The van der Waals surface area contributed by atoms with Crippen molar-refractivity contribution in [1.29, 1.82) is 0 Å². The molecule has 0 bridgehead atoms. The summed E-state index contributed by atoms with van der Waals surface area (Å²) in [7, 11) is 0. The molecule has 3 aromatic heterocycles. The molecule has 27 heavy (non-hydrogen) atoms. The molecular formula is C18H23N7O2. The predicted octanol–water partition coefficient (Wildman–Crippen LogP) is 1.41. The highest BCUT2D eigenvalue weighted by atomic mass is 16.2. The van der Waals surface area contributed by atoms with Crippen LogP contribution in [0.1, 0.15) is 55.7 Å². The van der Waals surface area contributed by atoms with Crippen molar-refractivity contribution in [2.24, 2.45) is 0 Å². The second-order valence-electron chi connectivity index (χ2n) is 6.98. The molecule has 142 valence electrons. The normalized spacial score (nSPS) is 18.3. The van der Waals surface area contributed by atoms with E-state index in [2.05, 4.69) is 20.2 Å². The van der Waals surface area contributed by atoms with E-state index in [1.54, 1.807) is 11.0 Å². The summed E-state index contributed by atoms with van der Waals surface area (Å²) in [6, 6.07) is 1.35. The fraction of sp³-hybridized carbons (Fsp3) is 0.500. The van der Waals surface area contributed by atoms with E-state index in [-0.39, 0.29) is 17.5 Å². The highest BCUT2D eigenvalue weighted by molar-refractivity contribution is 5.80. The highest BCUT2D eigenvalue weighted by Crippen LogP contribution is 2.33. The molecule has 2 atom stereocenters. The first-order valence-corrected chi connectivity index (χ1v) is 9.27. The monoisotopic (exact) mass is 369 g/mol. The SMILES string of the molecule is CCc1c(C)nc2cc([C@@H]3CCCN3C(=O)[C@H](C)n3cncn3)[nH]n2c1=O. The molecule has 0 aromatic carbocycles. The molecule has 1 fully saturated rings. The Bertz CT molecular complexity index is 1030. The molecule has 4 rings (SSSR count). The van der Waals surface area contributed by atoms with Crippen molar-refractivity contribution in [3.8, 4) is 0 Å². The van der Waals surface area contributed by atoms with Crippen LogP contribution in [0.25, 0.3) is 5.65 Å². The van der Waals surface area contributed by atoms with Crippen LogP contribution in [0.3, 0.4) is 0 Å². The quantitative estimate of drug-likeness (QED) is 0.749. The zero-order valence-corrected chi connectivity index (χ0v) is 15.7. The number of aromatic amines is 1. The standard InChI is InChI=1S/C18H23N7O2/c1-4-13-11(2)21-16-8-14(22-25(16)18(13)27)15-6-5-7-23(15)17(26)12(3)24-10-19-9-20-24/h8-10,12,15,22H,4-7H2,1-3H3/t12-,15-/m0/s1. The van der Waals surface area contributed by atoms with E-state index in [0.717, 1.165) is 24.2 Å². The van der Waals surface area contributed by atoms with Gasteiger partial charge in [0, 0.05) is 23.9 Å². The van der Waals surface area contributed by atoms with Crippen molar-refractivity contribution in [2.75, 3.05) is 6.54 Å². The van der Waals surface area contributed by atoms with Gasteiger partial charge < -0.3 is 4.90 Å². The predicted molar refractivity (Wildman–Crippen MR) is 98.3 cm³/mol. The van der Waals surface area contributed by atoms with Crippen LogP contribution in [-0.2, 0) is 11.2 Å². The lowest BCUT2D eigenvalue weighted by molar-refractivity contribution is -0.135. The second kappa shape index (κ2) is 6.64. The van der Waals surface area contributed by atoms with Gasteiger partial charge in [-0.3, -0.25) is 14.7 Å². The Morgan fingerprint density at radius 3 is 2.96 bits per heavy atom. The minimum absolute atomic E-state index is 0.00705. The third-order valence-corrected chi connectivity index (χ3v) is 5.37. The lowest BCUT2D eigenvalue weighted by Gasteiger charge is -2.26. The maximum absolute atomic E-state index is 13.0. The van der Waals surface area contributed by atoms with E-state index in [0.29, 0.717) is 24.2 Å². The third kappa shape index (κ3) is 2.83. The molecule has 1 amide bonds. The van der Waals surface area contributed by atoms with Crippen LogP contribution in [0.5, 0.6) is 0 Å². The van der Waals surface area contributed by atoms with Gasteiger partial charge in [0.1, 0.15) is 18.7 Å². The van der Waals surface area contributed by atoms with E-state index in [1.165, 1.54) is 10.8 Å². The van der Waals surface area contributed by atoms with Gasteiger partial charge in [-0.25, -0.2) is 19.2 Å². The number of amides is 1. The zero-order chi connectivity index (χ0) is 19.1. The molecule has 1 N–H and O–H groups in total. The first-order chi connectivity index (χ1) is 13.0. The Hall–Kier alpha value is -2.97. The molecule has 0 spiro atoms. The lowest BCUT2D eigenvalue weighted by atomic mass is 10.1. The van der Waals surface area contributed by atoms with Crippen molar-refractivity contribution in [3.05, 3.63) is 46.0 Å². The molecule has 0 unspecified atom stereocenters. The van der Waals surface area contributed by atoms with Crippen LogP contribution in [0.4, 0.5) is 0 Å². The van der Waals surface area contributed by atoms with Gasteiger partial charge in [0.25, 0.3) is 5.56 Å². The number of likely N-dealkylation sites (tertiary alicyclic amines) is 1. The topological polar surface area (TPSA) is 101 Å². The summed E-state index contributed by atoms with van der Waals surface area (Å²) < 4.78 is 3.05.